The van der Waals surface area contributed by atoms with Crippen molar-refractivity contribution in [1.82, 2.24) is 9.97 Å². The van der Waals surface area contributed by atoms with Gasteiger partial charge in [-0.05, 0) is 26.2 Å². The topological polar surface area (TPSA) is 70.1 Å². The first-order valence-corrected chi connectivity index (χ1v) is 6.25. The van der Waals surface area contributed by atoms with Crippen molar-refractivity contribution < 1.29 is 5.11 Å². The molecule has 0 saturated carbocycles. The SMILES string of the molecule is CCNc1ncnc(NCCCCO)c1CC. The molecule has 0 radical (unpaired) electrons. The van der Waals surface area contributed by atoms with Gasteiger partial charge in [-0.25, -0.2) is 9.97 Å². The zero-order valence-corrected chi connectivity index (χ0v) is 10.7. The maximum Gasteiger partial charge on any atom is 0.134 e. The smallest absolute Gasteiger partial charge is 0.134 e. The Bertz CT molecular complexity index is 330. The largest absolute Gasteiger partial charge is 0.396 e. The van der Waals surface area contributed by atoms with Crippen LogP contribution in [0.3, 0.4) is 0 Å². The average Bonchev–Trinajstić information content (AvgIpc) is 2.35. The van der Waals surface area contributed by atoms with Gasteiger partial charge in [0.1, 0.15) is 18.0 Å². The number of aliphatic hydroxyl groups is 1. The number of anilines is 2. The van der Waals surface area contributed by atoms with Crippen LogP contribution in [0.25, 0.3) is 0 Å². The third-order valence-corrected chi connectivity index (χ3v) is 2.52. The first kappa shape index (κ1) is 13.7. The van der Waals surface area contributed by atoms with Gasteiger partial charge in [0.25, 0.3) is 0 Å². The molecular weight excluding hydrogens is 216 g/mol. The highest BCUT2D eigenvalue weighted by molar-refractivity contribution is 5.57. The van der Waals surface area contributed by atoms with Crippen LogP contribution in [0.5, 0.6) is 0 Å². The minimum absolute atomic E-state index is 0.245. The first-order valence-electron chi connectivity index (χ1n) is 6.25. The zero-order valence-electron chi connectivity index (χ0n) is 10.7. The number of aromatic nitrogens is 2. The summed E-state index contributed by atoms with van der Waals surface area (Å²) in [6, 6.07) is 0. The molecule has 0 fully saturated rings. The molecule has 17 heavy (non-hydrogen) atoms. The zero-order chi connectivity index (χ0) is 12.5. The fourth-order valence-electron chi connectivity index (χ4n) is 1.66. The van der Waals surface area contributed by atoms with E-state index in [1.54, 1.807) is 6.33 Å². The Morgan fingerprint density at radius 2 is 1.82 bits per heavy atom. The summed E-state index contributed by atoms with van der Waals surface area (Å²) in [7, 11) is 0. The van der Waals surface area contributed by atoms with Gasteiger partial charge >= 0.3 is 0 Å². The molecule has 0 spiro atoms. The van der Waals surface area contributed by atoms with Crippen LogP contribution >= 0.6 is 0 Å². The van der Waals surface area contributed by atoms with Gasteiger partial charge in [-0.1, -0.05) is 6.92 Å². The molecular formula is C12H22N4O. The maximum absolute atomic E-state index is 8.71. The van der Waals surface area contributed by atoms with Crippen molar-refractivity contribution in [3.05, 3.63) is 11.9 Å². The molecule has 0 unspecified atom stereocenters. The summed E-state index contributed by atoms with van der Waals surface area (Å²) in [5, 5.41) is 15.2. The lowest BCUT2D eigenvalue weighted by molar-refractivity contribution is 0.286. The van der Waals surface area contributed by atoms with Gasteiger partial charge in [-0.15, -0.1) is 0 Å². The average molecular weight is 238 g/mol. The highest BCUT2D eigenvalue weighted by Gasteiger charge is 2.08. The van der Waals surface area contributed by atoms with Gasteiger partial charge in [0, 0.05) is 25.3 Å². The molecule has 1 rings (SSSR count). The summed E-state index contributed by atoms with van der Waals surface area (Å²) in [5.41, 5.74) is 1.12. The Morgan fingerprint density at radius 3 is 2.41 bits per heavy atom. The van der Waals surface area contributed by atoms with Crippen molar-refractivity contribution in [2.24, 2.45) is 0 Å². The van der Waals surface area contributed by atoms with E-state index < -0.39 is 0 Å². The molecule has 5 nitrogen and oxygen atoms in total. The Hall–Kier alpha value is -1.36. The summed E-state index contributed by atoms with van der Waals surface area (Å²) < 4.78 is 0. The molecule has 96 valence electrons. The van der Waals surface area contributed by atoms with Gasteiger partial charge in [0.05, 0.1) is 0 Å². The predicted octanol–water partition coefficient (Wildman–Crippen LogP) is 1.66. The van der Waals surface area contributed by atoms with Gasteiger partial charge in [-0.3, -0.25) is 0 Å². The van der Waals surface area contributed by atoms with Crippen LogP contribution < -0.4 is 10.6 Å². The lowest BCUT2D eigenvalue weighted by atomic mass is 10.2. The Morgan fingerprint density at radius 1 is 1.12 bits per heavy atom. The van der Waals surface area contributed by atoms with Gasteiger partial charge in [-0.2, -0.15) is 0 Å². The number of aliphatic hydroxyl groups excluding tert-OH is 1. The normalized spacial score (nSPS) is 10.3. The second-order valence-corrected chi connectivity index (χ2v) is 3.79. The highest BCUT2D eigenvalue weighted by Crippen LogP contribution is 2.20. The number of nitrogens with zero attached hydrogens (tertiary/aromatic N) is 2. The van der Waals surface area contributed by atoms with Gasteiger partial charge < -0.3 is 15.7 Å². The van der Waals surface area contributed by atoms with E-state index in [-0.39, 0.29) is 6.61 Å². The van der Waals surface area contributed by atoms with E-state index in [4.69, 9.17) is 5.11 Å². The van der Waals surface area contributed by atoms with Gasteiger partial charge in [0.15, 0.2) is 0 Å². The quantitative estimate of drug-likeness (QED) is 0.601. The van der Waals surface area contributed by atoms with E-state index in [0.717, 1.165) is 49.6 Å². The van der Waals surface area contributed by atoms with Crippen LogP contribution in [0.1, 0.15) is 32.3 Å². The molecule has 1 aromatic rings. The summed E-state index contributed by atoms with van der Waals surface area (Å²) >= 11 is 0. The van der Waals surface area contributed by atoms with Crippen molar-refractivity contribution in [2.75, 3.05) is 30.3 Å². The predicted molar refractivity (Wildman–Crippen MR) is 70.4 cm³/mol. The number of unbranched alkanes of at least 4 members (excludes halogenated alkanes) is 1. The van der Waals surface area contributed by atoms with Crippen molar-refractivity contribution in [3.8, 4) is 0 Å². The van der Waals surface area contributed by atoms with Crippen LogP contribution in [-0.2, 0) is 6.42 Å². The molecule has 5 heteroatoms. The van der Waals surface area contributed by atoms with E-state index in [2.05, 4.69) is 34.4 Å². The third kappa shape index (κ3) is 4.19. The van der Waals surface area contributed by atoms with Gasteiger partial charge in [0.2, 0.25) is 0 Å². The molecule has 0 amide bonds. The minimum atomic E-state index is 0.245. The van der Waals surface area contributed by atoms with E-state index in [9.17, 15) is 0 Å². The molecule has 1 aromatic heterocycles. The van der Waals surface area contributed by atoms with E-state index in [1.807, 2.05) is 0 Å². The molecule has 0 aliphatic carbocycles. The molecule has 0 aromatic carbocycles. The maximum atomic E-state index is 8.71. The highest BCUT2D eigenvalue weighted by atomic mass is 16.2. The molecule has 0 bridgehead atoms. The van der Waals surface area contributed by atoms with Crippen LogP contribution in [0.2, 0.25) is 0 Å². The molecule has 0 aliphatic heterocycles. The summed E-state index contributed by atoms with van der Waals surface area (Å²) in [5.74, 6) is 1.81. The summed E-state index contributed by atoms with van der Waals surface area (Å²) in [4.78, 5) is 8.51. The van der Waals surface area contributed by atoms with Crippen molar-refractivity contribution >= 4 is 11.6 Å². The Balaban J connectivity index is 2.66. The number of hydrogen-bond acceptors (Lipinski definition) is 5. The fourth-order valence-corrected chi connectivity index (χ4v) is 1.66. The Labute approximate surface area is 103 Å². The standard InChI is InChI=1S/C12H22N4O/c1-3-10-11(13-4-2)15-9-16-12(10)14-7-5-6-8-17/h9,17H,3-8H2,1-2H3,(H2,13,14,15,16). The van der Waals surface area contributed by atoms with Crippen molar-refractivity contribution in [2.45, 2.75) is 33.1 Å². The monoisotopic (exact) mass is 238 g/mol. The minimum Gasteiger partial charge on any atom is -0.396 e. The number of rotatable bonds is 8. The Kier molecular flexibility index (Phi) is 6.32. The second-order valence-electron chi connectivity index (χ2n) is 3.79. The summed E-state index contributed by atoms with van der Waals surface area (Å²) in [6.07, 6.45) is 4.23. The molecule has 3 N–H and O–H groups in total. The van der Waals surface area contributed by atoms with Crippen molar-refractivity contribution in [3.63, 3.8) is 0 Å². The van der Waals surface area contributed by atoms with E-state index >= 15 is 0 Å². The van der Waals surface area contributed by atoms with E-state index in [1.165, 1.54) is 0 Å². The van der Waals surface area contributed by atoms with Crippen LogP contribution in [0, 0.1) is 0 Å². The molecule has 1 heterocycles. The third-order valence-electron chi connectivity index (χ3n) is 2.52. The summed E-state index contributed by atoms with van der Waals surface area (Å²) in [6.45, 7) is 6.08. The number of nitrogens with one attached hydrogen (secondary N) is 2. The van der Waals surface area contributed by atoms with E-state index in [0.29, 0.717) is 0 Å². The lowest BCUT2D eigenvalue weighted by Gasteiger charge is -2.13. The fraction of sp³-hybridized carbons (Fsp3) is 0.667. The molecule has 0 aliphatic rings. The molecule has 0 saturated heterocycles. The molecule has 0 atom stereocenters. The van der Waals surface area contributed by atoms with Crippen LogP contribution in [-0.4, -0.2) is 34.8 Å². The second kappa shape index (κ2) is 7.84. The lowest BCUT2D eigenvalue weighted by Crippen LogP contribution is -2.10. The number of hydrogen-bond donors (Lipinski definition) is 3. The first-order chi connectivity index (χ1) is 8.33. The van der Waals surface area contributed by atoms with Crippen LogP contribution in [0.4, 0.5) is 11.6 Å². The van der Waals surface area contributed by atoms with Crippen LogP contribution in [0.15, 0.2) is 6.33 Å². The van der Waals surface area contributed by atoms with Crippen molar-refractivity contribution in [1.29, 1.82) is 0 Å².